The first-order valence-corrected chi connectivity index (χ1v) is 5.73. The number of nitrogens with zero attached hydrogens (tertiary/aromatic N) is 2. The zero-order chi connectivity index (χ0) is 11.5. The summed E-state index contributed by atoms with van der Waals surface area (Å²) in [6.07, 6.45) is 3.15. The fraction of sp³-hybridized carbons (Fsp3) is 0.273. The molecule has 0 saturated carbocycles. The average Bonchev–Trinajstić information content (AvgIpc) is 2.84. The molecule has 0 aromatic carbocycles. The highest BCUT2D eigenvalue weighted by Crippen LogP contribution is 2.17. The van der Waals surface area contributed by atoms with Crippen LogP contribution in [-0.4, -0.2) is 15.7 Å². The van der Waals surface area contributed by atoms with Gasteiger partial charge in [0, 0.05) is 18.1 Å². The summed E-state index contributed by atoms with van der Waals surface area (Å²) in [6.45, 7) is 2.33. The summed E-state index contributed by atoms with van der Waals surface area (Å²) in [4.78, 5) is 12.7. The summed E-state index contributed by atoms with van der Waals surface area (Å²) in [5.41, 5.74) is 1.64. The minimum atomic E-state index is -0.332. The van der Waals surface area contributed by atoms with Crippen LogP contribution >= 0.6 is 11.3 Å². The normalized spacial score (nSPS) is 10.4. The van der Waals surface area contributed by atoms with E-state index in [0.717, 1.165) is 10.4 Å². The maximum atomic E-state index is 11.6. The van der Waals surface area contributed by atoms with Gasteiger partial charge in [0.05, 0.1) is 11.8 Å². The van der Waals surface area contributed by atoms with Crippen LogP contribution in [0, 0.1) is 6.92 Å². The fourth-order valence-electron chi connectivity index (χ4n) is 1.29. The molecule has 0 spiro atoms. The Hall–Kier alpha value is -1.62. The third-order valence-electron chi connectivity index (χ3n) is 2.24. The predicted molar refractivity (Wildman–Crippen MR) is 61.4 cm³/mol. The molecule has 4 nitrogen and oxygen atoms in total. The Bertz CT molecular complexity index is 502. The Labute approximate surface area is 97.5 Å². The molecule has 0 saturated heterocycles. The molecular weight excluding hydrogens is 224 g/mol. The van der Waals surface area contributed by atoms with Crippen molar-refractivity contribution in [2.24, 2.45) is 7.05 Å². The third kappa shape index (κ3) is 2.30. The number of aromatic nitrogens is 2. The number of hydrogen-bond acceptors (Lipinski definition) is 4. The standard InChI is InChI=1S/C11H12N2O2S/c1-8-3-4-16-10(8)7-15-11(14)9-5-12-13(2)6-9/h3-6H,7H2,1-2H3. The van der Waals surface area contributed by atoms with E-state index in [2.05, 4.69) is 5.10 Å². The summed E-state index contributed by atoms with van der Waals surface area (Å²) in [5.74, 6) is -0.332. The minimum absolute atomic E-state index is 0.331. The lowest BCUT2D eigenvalue weighted by Gasteiger charge is -2.01. The van der Waals surface area contributed by atoms with Gasteiger partial charge < -0.3 is 4.74 Å². The molecule has 16 heavy (non-hydrogen) atoms. The highest BCUT2D eigenvalue weighted by atomic mass is 32.1. The molecule has 0 amide bonds. The Balaban J connectivity index is 1.96. The van der Waals surface area contributed by atoms with E-state index in [1.165, 1.54) is 6.20 Å². The van der Waals surface area contributed by atoms with Crippen LogP contribution in [0.3, 0.4) is 0 Å². The van der Waals surface area contributed by atoms with Gasteiger partial charge in [-0.2, -0.15) is 5.10 Å². The third-order valence-corrected chi connectivity index (χ3v) is 3.24. The molecule has 0 N–H and O–H groups in total. The van der Waals surface area contributed by atoms with E-state index < -0.39 is 0 Å². The van der Waals surface area contributed by atoms with Crippen molar-refractivity contribution in [3.05, 3.63) is 39.8 Å². The molecule has 0 aliphatic heterocycles. The van der Waals surface area contributed by atoms with E-state index in [1.807, 2.05) is 18.4 Å². The lowest BCUT2D eigenvalue weighted by atomic mass is 10.3. The van der Waals surface area contributed by atoms with Gasteiger partial charge >= 0.3 is 5.97 Å². The number of carbonyl (C=O) groups is 1. The van der Waals surface area contributed by atoms with Gasteiger partial charge in [0.25, 0.3) is 0 Å². The van der Waals surface area contributed by atoms with Crippen molar-refractivity contribution in [2.75, 3.05) is 0 Å². The number of hydrogen-bond donors (Lipinski definition) is 0. The minimum Gasteiger partial charge on any atom is -0.456 e. The molecule has 0 bridgehead atoms. The van der Waals surface area contributed by atoms with Gasteiger partial charge in [0.15, 0.2) is 0 Å². The van der Waals surface area contributed by atoms with E-state index in [-0.39, 0.29) is 5.97 Å². The van der Waals surface area contributed by atoms with Crippen LogP contribution in [0.1, 0.15) is 20.8 Å². The number of esters is 1. The zero-order valence-corrected chi connectivity index (χ0v) is 9.95. The van der Waals surface area contributed by atoms with E-state index in [4.69, 9.17) is 4.74 Å². The molecule has 0 unspecified atom stereocenters. The first-order chi connectivity index (χ1) is 7.66. The summed E-state index contributed by atoms with van der Waals surface area (Å²) in [6, 6.07) is 2.01. The fourth-order valence-corrected chi connectivity index (χ4v) is 2.11. The molecule has 2 aromatic heterocycles. The van der Waals surface area contributed by atoms with Gasteiger partial charge in [0.1, 0.15) is 6.61 Å². The quantitative estimate of drug-likeness (QED) is 0.767. The largest absolute Gasteiger partial charge is 0.456 e. The zero-order valence-electron chi connectivity index (χ0n) is 9.14. The highest BCUT2D eigenvalue weighted by molar-refractivity contribution is 7.10. The van der Waals surface area contributed by atoms with Crippen molar-refractivity contribution >= 4 is 17.3 Å². The van der Waals surface area contributed by atoms with Gasteiger partial charge in [-0.1, -0.05) is 0 Å². The molecule has 0 aliphatic rings. The molecule has 2 heterocycles. The Morgan fingerprint density at radius 2 is 2.44 bits per heavy atom. The summed E-state index contributed by atoms with van der Waals surface area (Å²) < 4.78 is 6.76. The smallest absolute Gasteiger partial charge is 0.341 e. The molecule has 0 fully saturated rings. The van der Waals surface area contributed by atoms with E-state index in [9.17, 15) is 4.79 Å². The van der Waals surface area contributed by atoms with Crippen LogP contribution < -0.4 is 0 Å². The van der Waals surface area contributed by atoms with Gasteiger partial charge in [-0.25, -0.2) is 4.79 Å². The number of ether oxygens (including phenoxy) is 1. The Kier molecular flexibility index (Phi) is 3.05. The number of aryl methyl sites for hydroxylation is 2. The lowest BCUT2D eigenvalue weighted by molar-refractivity contribution is 0.0476. The Morgan fingerprint density at radius 1 is 1.62 bits per heavy atom. The van der Waals surface area contributed by atoms with E-state index >= 15 is 0 Å². The maximum absolute atomic E-state index is 11.6. The SMILES string of the molecule is Cc1ccsc1COC(=O)c1cnn(C)c1. The molecule has 0 aliphatic carbocycles. The van der Waals surface area contributed by atoms with Crippen molar-refractivity contribution in [3.63, 3.8) is 0 Å². The molecular formula is C11H12N2O2S. The second-order valence-corrected chi connectivity index (χ2v) is 4.51. The highest BCUT2D eigenvalue weighted by Gasteiger charge is 2.10. The molecule has 0 atom stereocenters. The van der Waals surface area contributed by atoms with Gasteiger partial charge in [-0.3, -0.25) is 4.68 Å². The maximum Gasteiger partial charge on any atom is 0.341 e. The number of thiophene rings is 1. The topological polar surface area (TPSA) is 44.1 Å². The molecule has 2 rings (SSSR count). The number of carbonyl (C=O) groups excluding carboxylic acids is 1. The van der Waals surface area contributed by atoms with Gasteiger partial charge in [-0.15, -0.1) is 11.3 Å². The molecule has 5 heteroatoms. The average molecular weight is 236 g/mol. The number of rotatable bonds is 3. The predicted octanol–water partition coefficient (Wildman–Crippen LogP) is 2.15. The van der Waals surface area contributed by atoms with Crippen molar-refractivity contribution in [1.29, 1.82) is 0 Å². The first-order valence-electron chi connectivity index (χ1n) is 4.85. The van der Waals surface area contributed by atoms with Crippen molar-refractivity contribution in [2.45, 2.75) is 13.5 Å². The van der Waals surface area contributed by atoms with Crippen molar-refractivity contribution in [3.8, 4) is 0 Å². The summed E-state index contributed by atoms with van der Waals surface area (Å²) >= 11 is 1.59. The second-order valence-electron chi connectivity index (χ2n) is 3.51. The van der Waals surface area contributed by atoms with Gasteiger partial charge in [-0.05, 0) is 23.9 Å². The lowest BCUT2D eigenvalue weighted by Crippen LogP contribution is -2.03. The van der Waals surface area contributed by atoms with Crippen LogP contribution in [-0.2, 0) is 18.4 Å². The Morgan fingerprint density at radius 3 is 3.00 bits per heavy atom. The molecule has 84 valence electrons. The first kappa shape index (κ1) is 10.9. The molecule has 0 radical (unpaired) electrons. The molecule has 2 aromatic rings. The van der Waals surface area contributed by atoms with Crippen LogP contribution in [0.2, 0.25) is 0 Å². The summed E-state index contributed by atoms with van der Waals surface area (Å²) in [7, 11) is 1.76. The van der Waals surface area contributed by atoms with E-state index in [0.29, 0.717) is 12.2 Å². The van der Waals surface area contributed by atoms with Crippen LogP contribution in [0.15, 0.2) is 23.8 Å². The second kappa shape index (κ2) is 4.49. The van der Waals surface area contributed by atoms with E-state index in [1.54, 1.807) is 29.3 Å². The van der Waals surface area contributed by atoms with Crippen LogP contribution in [0.4, 0.5) is 0 Å². The monoisotopic (exact) mass is 236 g/mol. The van der Waals surface area contributed by atoms with Gasteiger partial charge in [0.2, 0.25) is 0 Å². The van der Waals surface area contributed by atoms with Crippen LogP contribution in [0.5, 0.6) is 0 Å². The summed E-state index contributed by atoms with van der Waals surface area (Å²) in [5, 5.41) is 5.91. The van der Waals surface area contributed by atoms with Crippen molar-refractivity contribution < 1.29 is 9.53 Å². The van der Waals surface area contributed by atoms with Crippen LogP contribution in [0.25, 0.3) is 0 Å². The van der Waals surface area contributed by atoms with Crippen molar-refractivity contribution in [1.82, 2.24) is 9.78 Å².